The van der Waals surface area contributed by atoms with E-state index in [0.29, 0.717) is 36.7 Å². The van der Waals surface area contributed by atoms with Crippen molar-refractivity contribution < 1.29 is 9.18 Å². The molecule has 0 spiro atoms. The van der Waals surface area contributed by atoms with E-state index >= 15 is 0 Å². The molecule has 1 aliphatic rings. The lowest BCUT2D eigenvalue weighted by Crippen LogP contribution is -2.48. The minimum atomic E-state index is -0.216. The summed E-state index contributed by atoms with van der Waals surface area (Å²) in [5, 5.41) is 1.99. The van der Waals surface area contributed by atoms with E-state index < -0.39 is 0 Å². The Morgan fingerprint density at radius 3 is 2.77 bits per heavy atom. The van der Waals surface area contributed by atoms with Crippen LogP contribution >= 0.6 is 22.7 Å². The van der Waals surface area contributed by atoms with Gasteiger partial charge in [0.2, 0.25) is 0 Å². The van der Waals surface area contributed by atoms with Crippen LogP contribution in [0.3, 0.4) is 0 Å². The van der Waals surface area contributed by atoms with Gasteiger partial charge in [0, 0.05) is 37.8 Å². The van der Waals surface area contributed by atoms with E-state index in [1.807, 2.05) is 37.9 Å². The highest BCUT2D eigenvalue weighted by atomic mass is 32.1. The maximum Gasteiger partial charge on any atom is 0.264 e. The summed E-state index contributed by atoms with van der Waals surface area (Å²) in [5.41, 5.74) is 1.59. The number of thiophene rings is 1. The third kappa shape index (κ3) is 2.48. The van der Waals surface area contributed by atoms with Gasteiger partial charge in [-0.3, -0.25) is 9.20 Å². The molecule has 1 aromatic carbocycles. The number of aromatic nitrogens is 2. The quantitative estimate of drug-likeness (QED) is 0.527. The number of amides is 1. The number of imidazole rings is 1. The Kier molecular flexibility index (Phi) is 3.68. The topological polar surface area (TPSA) is 40.9 Å². The molecule has 1 aliphatic heterocycles. The third-order valence-electron chi connectivity index (χ3n) is 4.71. The van der Waals surface area contributed by atoms with E-state index in [0.717, 1.165) is 15.3 Å². The number of piperazine rings is 1. The Morgan fingerprint density at radius 2 is 1.96 bits per heavy atom. The number of anilines is 1. The SMILES string of the molecule is O=C(c1cc2c(nc3sccn32)s1)N1CCN(c2ccccc2F)CC1. The highest BCUT2D eigenvalue weighted by Crippen LogP contribution is 2.29. The van der Waals surface area contributed by atoms with Gasteiger partial charge in [-0.15, -0.1) is 22.7 Å². The average Bonchev–Trinajstić information content (AvgIpc) is 3.34. The number of fused-ring (bicyclic) bond motifs is 3. The number of benzene rings is 1. The lowest BCUT2D eigenvalue weighted by molar-refractivity contribution is 0.0751. The Morgan fingerprint density at radius 1 is 1.15 bits per heavy atom. The van der Waals surface area contributed by atoms with E-state index in [4.69, 9.17) is 0 Å². The maximum absolute atomic E-state index is 13.9. The second-order valence-corrected chi connectivity index (χ2v) is 8.10. The maximum atomic E-state index is 13.9. The first-order valence-electron chi connectivity index (χ1n) is 8.34. The van der Waals surface area contributed by atoms with Crippen LogP contribution in [0, 0.1) is 5.82 Å². The number of carbonyl (C=O) groups excluding carboxylic acids is 1. The minimum absolute atomic E-state index is 0.0326. The van der Waals surface area contributed by atoms with Gasteiger partial charge in [-0.05, 0) is 18.2 Å². The summed E-state index contributed by atoms with van der Waals surface area (Å²) >= 11 is 3.03. The molecule has 5 rings (SSSR count). The van der Waals surface area contributed by atoms with Gasteiger partial charge in [0.05, 0.1) is 16.1 Å². The van der Waals surface area contributed by atoms with Gasteiger partial charge in [-0.1, -0.05) is 12.1 Å². The van der Waals surface area contributed by atoms with Crippen LogP contribution < -0.4 is 4.90 Å². The lowest BCUT2D eigenvalue weighted by Gasteiger charge is -2.36. The van der Waals surface area contributed by atoms with Crippen LogP contribution in [-0.4, -0.2) is 46.4 Å². The molecule has 0 bridgehead atoms. The highest BCUT2D eigenvalue weighted by molar-refractivity contribution is 7.21. The largest absolute Gasteiger partial charge is 0.366 e. The van der Waals surface area contributed by atoms with Crippen molar-refractivity contribution in [2.75, 3.05) is 31.1 Å². The molecule has 0 N–H and O–H groups in total. The fraction of sp³-hybridized carbons (Fsp3) is 0.222. The zero-order valence-electron chi connectivity index (χ0n) is 13.8. The van der Waals surface area contributed by atoms with Crippen LogP contribution in [0.5, 0.6) is 0 Å². The standard InChI is InChI=1S/C18H15FN4OS2/c19-12-3-1-2-4-13(12)21-5-7-22(8-6-21)17(24)15-11-14-16(26-15)20-18-23(14)9-10-25-18/h1-4,9-11H,5-8H2. The van der Waals surface area contributed by atoms with Crippen LogP contribution in [0.15, 0.2) is 41.9 Å². The Balaban J connectivity index is 1.34. The molecule has 0 saturated carbocycles. The molecule has 4 heterocycles. The Bertz CT molecular complexity index is 1110. The van der Waals surface area contributed by atoms with Gasteiger partial charge in [0.1, 0.15) is 10.6 Å². The van der Waals surface area contributed by atoms with Crippen molar-refractivity contribution in [3.63, 3.8) is 0 Å². The van der Waals surface area contributed by atoms with E-state index in [9.17, 15) is 9.18 Å². The lowest BCUT2D eigenvalue weighted by atomic mass is 10.2. The molecule has 8 heteroatoms. The van der Waals surface area contributed by atoms with Gasteiger partial charge >= 0.3 is 0 Å². The molecule has 4 aromatic rings. The van der Waals surface area contributed by atoms with Crippen molar-refractivity contribution in [3.05, 3.63) is 52.6 Å². The molecule has 0 atom stereocenters. The smallest absolute Gasteiger partial charge is 0.264 e. The Labute approximate surface area is 156 Å². The van der Waals surface area contributed by atoms with Crippen molar-refractivity contribution in [1.82, 2.24) is 14.3 Å². The number of thiazole rings is 1. The second-order valence-electron chi connectivity index (χ2n) is 6.20. The molecule has 1 amide bonds. The number of hydrogen-bond acceptors (Lipinski definition) is 5. The van der Waals surface area contributed by atoms with Gasteiger partial charge in [-0.2, -0.15) is 0 Å². The van der Waals surface area contributed by atoms with Gasteiger partial charge < -0.3 is 9.80 Å². The number of carbonyl (C=O) groups is 1. The van der Waals surface area contributed by atoms with Crippen LogP contribution in [0.2, 0.25) is 0 Å². The molecular weight excluding hydrogens is 371 g/mol. The molecule has 26 heavy (non-hydrogen) atoms. The van der Waals surface area contributed by atoms with E-state index in [1.54, 1.807) is 23.5 Å². The number of hydrogen-bond donors (Lipinski definition) is 0. The van der Waals surface area contributed by atoms with Gasteiger partial charge in [0.25, 0.3) is 5.91 Å². The summed E-state index contributed by atoms with van der Waals surface area (Å²) in [7, 11) is 0. The fourth-order valence-corrected chi connectivity index (χ4v) is 5.14. The molecule has 5 nitrogen and oxygen atoms in total. The van der Waals surface area contributed by atoms with E-state index in [1.165, 1.54) is 17.4 Å². The van der Waals surface area contributed by atoms with Gasteiger partial charge in [-0.25, -0.2) is 9.37 Å². The summed E-state index contributed by atoms with van der Waals surface area (Å²) in [4.78, 5) is 23.8. The van der Waals surface area contributed by atoms with Crippen molar-refractivity contribution in [3.8, 4) is 0 Å². The number of rotatable bonds is 2. The average molecular weight is 386 g/mol. The zero-order chi connectivity index (χ0) is 17.7. The molecular formula is C18H15FN4OS2. The van der Waals surface area contributed by atoms with Crippen LogP contribution in [-0.2, 0) is 0 Å². The summed E-state index contributed by atoms with van der Waals surface area (Å²) in [5.74, 6) is -0.183. The monoisotopic (exact) mass is 386 g/mol. The van der Waals surface area contributed by atoms with Crippen LogP contribution in [0.25, 0.3) is 15.3 Å². The summed E-state index contributed by atoms with van der Waals surface area (Å²) in [6.45, 7) is 2.44. The number of para-hydroxylation sites is 1. The fourth-order valence-electron chi connectivity index (χ4n) is 3.37. The molecule has 1 saturated heterocycles. The molecule has 132 valence electrons. The first kappa shape index (κ1) is 15.8. The highest BCUT2D eigenvalue weighted by Gasteiger charge is 2.25. The van der Waals surface area contributed by atoms with E-state index in [2.05, 4.69) is 4.98 Å². The second kappa shape index (κ2) is 6.07. The van der Waals surface area contributed by atoms with Crippen molar-refractivity contribution in [1.29, 1.82) is 0 Å². The normalized spacial score (nSPS) is 15.3. The predicted molar refractivity (Wildman–Crippen MR) is 103 cm³/mol. The number of halogens is 1. The molecule has 0 unspecified atom stereocenters. The van der Waals surface area contributed by atoms with Crippen molar-refractivity contribution in [2.45, 2.75) is 0 Å². The first-order chi connectivity index (χ1) is 12.7. The zero-order valence-corrected chi connectivity index (χ0v) is 15.4. The number of nitrogens with zero attached hydrogens (tertiary/aromatic N) is 4. The summed E-state index contributed by atoms with van der Waals surface area (Å²) in [6, 6.07) is 8.71. The minimum Gasteiger partial charge on any atom is -0.366 e. The summed E-state index contributed by atoms with van der Waals surface area (Å²) < 4.78 is 16.0. The third-order valence-corrected chi connectivity index (χ3v) is 6.47. The molecule has 0 aliphatic carbocycles. The van der Waals surface area contributed by atoms with Crippen molar-refractivity contribution >= 4 is 49.6 Å². The van der Waals surface area contributed by atoms with E-state index in [-0.39, 0.29) is 11.7 Å². The Hall–Kier alpha value is -2.45. The molecule has 0 radical (unpaired) electrons. The molecule has 3 aromatic heterocycles. The predicted octanol–water partition coefficient (Wildman–Crippen LogP) is 3.71. The first-order valence-corrected chi connectivity index (χ1v) is 10.0. The summed E-state index contributed by atoms with van der Waals surface area (Å²) in [6.07, 6.45) is 1.98. The van der Waals surface area contributed by atoms with Crippen LogP contribution in [0.1, 0.15) is 9.67 Å². The van der Waals surface area contributed by atoms with Crippen LogP contribution in [0.4, 0.5) is 10.1 Å². The molecule has 1 fully saturated rings. The van der Waals surface area contributed by atoms with Crippen molar-refractivity contribution in [2.24, 2.45) is 0 Å². The van der Waals surface area contributed by atoms with Gasteiger partial charge in [0.15, 0.2) is 4.96 Å².